The molecule has 3 heterocycles. The van der Waals surface area contributed by atoms with Gasteiger partial charge in [-0.05, 0) is 54.6 Å². The quantitative estimate of drug-likeness (QED) is 0.562. The lowest BCUT2D eigenvalue weighted by Crippen LogP contribution is -2.46. The molecule has 7 nitrogen and oxygen atoms in total. The smallest absolute Gasteiger partial charge is 0.240 e. The van der Waals surface area contributed by atoms with Gasteiger partial charge in [-0.25, -0.2) is 9.29 Å². The van der Waals surface area contributed by atoms with Gasteiger partial charge in [-0.2, -0.15) is 5.10 Å². The molecule has 0 radical (unpaired) electrons. The molecule has 3 aliphatic rings. The molecule has 0 unspecified atom stereocenters. The van der Waals surface area contributed by atoms with Crippen LogP contribution in [0.5, 0.6) is 5.75 Å². The van der Waals surface area contributed by atoms with Crippen LogP contribution in [0.4, 0.5) is 10.1 Å². The maximum Gasteiger partial charge on any atom is 0.240 e. The van der Waals surface area contributed by atoms with Crippen LogP contribution in [0.1, 0.15) is 10.4 Å². The van der Waals surface area contributed by atoms with Gasteiger partial charge in [0.2, 0.25) is 11.8 Å². The lowest BCUT2D eigenvalue weighted by atomic mass is 9.86. The summed E-state index contributed by atoms with van der Waals surface area (Å²) in [6.07, 6.45) is 5.01. The van der Waals surface area contributed by atoms with E-state index in [1.807, 2.05) is 0 Å². The van der Waals surface area contributed by atoms with Gasteiger partial charge in [0, 0.05) is 11.8 Å². The van der Waals surface area contributed by atoms with Crippen molar-refractivity contribution in [3.63, 3.8) is 0 Å². The number of allylic oxidation sites excluding steroid dienone is 1. The summed E-state index contributed by atoms with van der Waals surface area (Å²) in [5.74, 6) is -2.68. The second-order valence-electron chi connectivity index (χ2n) is 7.60. The lowest BCUT2D eigenvalue weighted by Gasteiger charge is -2.30. The van der Waals surface area contributed by atoms with Gasteiger partial charge in [0.1, 0.15) is 17.6 Å². The highest BCUT2D eigenvalue weighted by molar-refractivity contribution is 6.24. The summed E-state index contributed by atoms with van der Waals surface area (Å²) in [5.41, 5.74) is 0.687. The first-order valence-corrected chi connectivity index (χ1v) is 9.82. The van der Waals surface area contributed by atoms with Crippen LogP contribution in [-0.4, -0.2) is 48.0 Å². The zero-order valence-electron chi connectivity index (χ0n) is 16.5. The maximum atomic E-state index is 13.5. The molecule has 2 aromatic rings. The van der Waals surface area contributed by atoms with Crippen molar-refractivity contribution >= 4 is 29.5 Å². The Morgan fingerprint density at radius 2 is 1.68 bits per heavy atom. The Labute approximate surface area is 177 Å². The van der Waals surface area contributed by atoms with E-state index >= 15 is 0 Å². The third-order valence-corrected chi connectivity index (χ3v) is 6.02. The maximum absolute atomic E-state index is 13.5. The number of nitrogens with zero attached hydrogens (tertiary/aromatic N) is 3. The molecule has 31 heavy (non-hydrogen) atoms. The third-order valence-electron chi connectivity index (χ3n) is 6.02. The Morgan fingerprint density at radius 3 is 2.35 bits per heavy atom. The van der Waals surface area contributed by atoms with E-state index < -0.39 is 35.6 Å². The molecule has 2 aromatic carbocycles. The number of hydrogen-bond donors (Lipinski definition) is 0. The minimum absolute atomic E-state index is 0.263. The number of rotatable bonds is 4. The first-order chi connectivity index (χ1) is 15.0. The fraction of sp³-hybridized carbons (Fsp3) is 0.217. The van der Waals surface area contributed by atoms with Gasteiger partial charge in [0.05, 0.1) is 30.7 Å². The van der Waals surface area contributed by atoms with Crippen molar-refractivity contribution in [2.24, 2.45) is 16.9 Å². The number of fused-ring (bicyclic) bond motifs is 3. The molecule has 2 fully saturated rings. The number of carbonyl (C=O) groups is 3. The predicted molar refractivity (Wildman–Crippen MR) is 110 cm³/mol. The molecular weight excluding hydrogens is 401 g/mol. The van der Waals surface area contributed by atoms with Gasteiger partial charge in [-0.15, -0.1) is 0 Å². The van der Waals surface area contributed by atoms with E-state index in [2.05, 4.69) is 5.10 Å². The van der Waals surface area contributed by atoms with Gasteiger partial charge in [0.25, 0.3) is 0 Å². The molecule has 156 valence electrons. The van der Waals surface area contributed by atoms with Crippen LogP contribution < -0.4 is 9.64 Å². The second kappa shape index (κ2) is 7.16. The van der Waals surface area contributed by atoms with Crippen molar-refractivity contribution in [3.05, 3.63) is 72.1 Å². The SMILES string of the molecule is COc1ccc(N2C(=O)[C@@H]3[C@H](C2=O)[C@H](C(=O)c2ccc(F)cc2)N2N=CC=C[C@@H]32)cc1. The number of halogens is 1. The fourth-order valence-electron chi connectivity index (χ4n) is 4.61. The summed E-state index contributed by atoms with van der Waals surface area (Å²) in [7, 11) is 1.53. The second-order valence-corrected chi connectivity index (χ2v) is 7.60. The number of imide groups is 1. The van der Waals surface area contributed by atoms with E-state index in [4.69, 9.17) is 4.74 Å². The number of ether oxygens (including phenoxy) is 1. The number of carbonyl (C=O) groups excluding carboxylic acids is 3. The standard InChI is InChI=1S/C23H18FN3O4/c1-31-16-10-8-15(9-11-16)26-22(29)18-17-3-2-12-25-27(17)20(19(18)23(26)30)21(28)13-4-6-14(24)7-5-13/h2-12,17-20H,1H3/t17-,18-,19-,20+/m0/s1. The van der Waals surface area contributed by atoms with E-state index in [-0.39, 0.29) is 17.3 Å². The van der Waals surface area contributed by atoms with E-state index in [1.54, 1.807) is 36.4 Å². The van der Waals surface area contributed by atoms with E-state index in [0.29, 0.717) is 11.4 Å². The van der Waals surface area contributed by atoms with Crippen LogP contribution in [0.15, 0.2) is 65.8 Å². The summed E-state index contributed by atoms with van der Waals surface area (Å²) in [4.78, 5) is 41.3. The Kier molecular flexibility index (Phi) is 4.43. The number of benzene rings is 2. The summed E-state index contributed by atoms with van der Waals surface area (Å²) in [5, 5.41) is 5.83. The molecule has 0 spiro atoms. The van der Waals surface area contributed by atoms with Gasteiger partial charge < -0.3 is 4.74 Å². The molecule has 3 aliphatic heterocycles. The van der Waals surface area contributed by atoms with Crippen molar-refractivity contribution in [3.8, 4) is 5.75 Å². The molecule has 0 aliphatic carbocycles. The minimum Gasteiger partial charge on any atom is -0.497 e. The Morgan fingerprint density at radius 1 is 1.00 bits per heavy atom. The number of hydrazone groups is 1. The Balaban J connectivity index is 1.55. The summed E-state index contributed by atoms with van der Waals surface area (Å²) in [6.45, 7) is 0. The normalized spacial score (nSPS) is 26.3. The van der Waals surface area contributed by atoms with Crippen LogP contribution in [-0.2, 0) is 9.59 Å². The Bertz CT molecular complexity index is 1130. The first-order valence-electron chi connectivity index (χ1n) is 9.82. The highest BCUT2D eigenvalue weighted by Gasteiger charge is 2.64. The molecule has 5 rings (SSSR count). The van der Waals surface area contributed by atoms with Crippen molar-refractivity contribution in [2.45, 2.75) is 12.1 Å². The monoisotopic (exact) mass is 419 g/mol. The van der Waals surface area contributed by atoms with E-state index in [0.717, 1.165) is 4.90 Å². The molecule has 2 amide bonds. The predicted octanol–water partition coefficient (Wildman–Crippen LogP) is 2.43. The molecule has 2 saturated heterocycles. The zero-order valence-corrected chi connectivity index (χ0v) is 16.5. The van der Waals surface area contributed by atoms with Crippen LogP contribution in [0, 0.1) is 17.7 Å². The number of anilines is 1. The molecule has 0 N–H and O–H groups in total. The largest absolute Gasteiger partial charge is 0.497 e. The topological polar surface area (TPSA) is 79.3 Å². The van der Waals surface area contributed by atoms with Crippen LogP contribution in [0.3, 0.4) is 0 Å². The third kappa shape index (κ3) is 2.86. The summed E-state index contributed by atoms with van der Waals surface area (Å²) < 4.78 is 18.5. The summed E-state index contributed by atoms with van der Waals surface area (Å²) >= 11 is 0. The molecular formula is C23H18FN3O4. The highest BCUT2D eigenvalue weighted by Crippen LogP contribution is 2.46. The van der Waals surface area contributed by atoms with Crippen LogP contribution in [0.2, 0.25) is 0 Å². The molecule has 8 heteroatoms. The van der Waals surface area contributed by atoms with Crippen LogP contribution in [0.25, 0.3) is 0 Å². The zero-order chi connectivity index (χ0) is 21.7. The average Bonchev–Trinajstić information content (AvgIpc) is 3.27. The van der Waals surface area contributed by atoms with E-state index in [9.17, 15) is 18.8 Å². The van der Waals surface area contributed by atoms with E-state index in [1.165, 1.54) is 42.6 Å². The fourth-order valence-corrected chi connectivity index (χ4v) is 4.61. The van der Waals surface area contributed by atoms with Gasteiger partial charge in [-0.3, -0.25) is 19.4 Å². The molecule has 0 aromatic heterocycles. The lowest BCUT2D eigenvalue weighted by molar-refractivity contribution is -0.123. The minimum atomic E-state index is -0.957. The van der Waals surface area contributed by atoms with Gasteiger partial charge >= 0.3 is 0 Å². The summed E-state index contributed by atoms with van der Waals surface area (Å²) in [6, 6.07) is 10.3. The highest BCUT2D eigenvalue weighted by atomic mass is 19.1. The number of amides is 2. The number of methoxy groups -OCH3 is 1. The molecule has 0 bridgehead atoms. The molecule has 4 atom stereocenters. The number of hydrogen-bond acceptors (Lipinski definition) is 6. The van der Waals surface area contributed by atoms with Gasteiger partial charge in [0.15, 0.2) is 5.78 Å². The Hall–Kier alpha value is -3.81. The van der Waals surface area contributed by atoms with Crippen molar-refractivity contribution in [1.82, 2.24) is 5.01 Å². The van der Waals surface area contributed by atoms with Crippen molar-refractivity contribution < 1.29 is 23.5 Å². The van der Waals surface area contributed by atoms with Crippen LogP contribution >= 0.6 is 0 Å². The first kappa shape index (κ1) is 19.2. The van der Waals surface area contributed by atoms with Gasteiger partial charge in [-0.1, -0.05) is 6.08 Å². The molecule has 0 saturated carbocycles. The number of ketones is 1. The average molecular weight is 419 g/mol. The number of Topliss-reactive ketones (excluding diaryl/α,β-unsaturated/α-hetero) is 1. The van der Waals surface area contributed by atoms with Crippen molar-refractivity contribution in [2.75, 3.05) is 12.0 Å². The van der Waals surface area contributed by atoms with Crippen molar-refractivity contribution in [1.29, 1.82) is 0 Å².